The maximum absolute atomic E-state index is 2.46. The van der Waals surface area contributed by atoms with Crippen LogP contribution in [0.2, 0.25) is 0 Å². The Morgan fingerprint density at radius 2 is 1.21 bits per heavy atom. The van der Waals surface area contributed by atoms with Crippen molar-refractivity contribution in [2.45, 2.75) is 117 Å². The van der Waals surface area contributed by atoms with E-state index in [0.717, 1.165) is 0 Å². The van der Waals surface area contributed by atoms with Crippen LogP contribution >= 0.6 is 0 Å². The lowest BCUT2D eigenvalue weighted by atomic mass is 10.0. The number of hydrogen-bond acceptors (Lipinski definition) is 0. The van der Waals surface area contributed by atoms with Gasteiger partial charge in [0.05, 0.1) is 13.6 Å². The van der Waals surface area contributed by atoms with Crippen molar-refractivity contribution in [3.63, 3.8) is 0 Å². The number of unbranched alkanes of at least 4 members (excludes halogenated alkanes) is 12. The molecule has 0 bridgehead atoms. The van der Waals surface area contributed by atoms with E-state index >= 15 is 0 Å². The van der Waals surface area contributed by atoms with Gasteiger partial charge in [0, 0.05) is 6.42 Å². The molecular formula is C22H43N2+. The summed E-state index contributed by atoms with van der Waals surface area (Å²) in [6, 6.07) is 0. The van der Waals surface area contributed by atoms with E-state index in [0.29, 0.717) is 0 Å². The molecule has 0 aliphatic carbocycles. The minimum Gasteiger partial charge on any atom is -0.237 e. The summed E-state index contributed by atoms with van der Waals surface area (Å²) in [7, 11) is 2.17. The number of hydrogen-bond donors (Lipinski definition) is 0. The van der Waals surface area contributed by atoms with Crippen molar-refractivity contribution in [3.8, 4) is 0 Å². The molecule has 0 radical (unpaired) electrons. The van der Waals surface area contributed by atoms with Gasteiger partial charge in [-0.2, -0.15) is 0 Å². The van der Waals surface area contributed by atoms with Crippen molar-refractivity contribution >= 4 is 0 Å². The van der Waals surface area contributed by atoms with Crippen LogP contribution < -0.4 is 4.57 Å². The molecule has 0 aromatic carbocycles. The zero-order chi connectivity index (χ0) is 17.5. The molecule has 140 valence electrons. The summed E-state index contributed by atoms with van der Waals surface area (Å²) < 4.78 is 4.74. The molecule has 1 heterocycles. The van der Waals surface area contributed by atoms with E-state index in [1.165, 1.54) is 109 Å². The first-order valence-corrected chi connectivity index (χ1v) is 10.8. The molecule has 0 saturated carbocycles. The lowest BCUT2D eigenvalue weighted by Gasteiger charge is -2.04. The van der Waals surface area contributed by atoms with Gasteiger partial charge in [0.15, 0.2) is 0 Å². The first kappa shape index (κ1) is 21.3. The smallest absolute Gasteiger partial charge is 0.237 e. The van der Waals surface area contributed by atoms with E-state index in [2.05, 4.69) is 42.4 Å². The highest BCUT2D eigenvalue weighted by molar-refractivity contribution is 4.81. The average molecular weight is 336 g/mol. The third-order valence-corrected chi connectivity index (χ3v) is 5.19. The van der Waals surface area contributed by atoms with Crippen molar-refractivity contribution in [2.24, 2.45) is 7.05 Å². The van der Waals surface area contributed by atoms with Gasteiger partial charge in [-0.05, 0) is 19.3 Å². The van der Waals surface area contributed by atoms with Crippen molar-refractivity contribution in [2.75, 3.05) is 0 Å². The van der Waals surface area contributed by atoms with E-state index in [1.54, 1.807) is 0 Å². The van der Waals surface area contributed by atoms with Gasteiger partial charge in [-0.15, -0.1) is 0 Å². The summed E-state index contributed by atoms with van der Waals surface area (Å²) in [5.41, 5.74) is 0. The van der Waals surface area contributed by atoms with Crippen LogP contribution in [-0.4, -0.2) is 4.57 Å². The molecule has 0 N–H and O–H groups in total. The fourth-order valence-corrected chi connectivity index (χ4v) is 3.60. The SMILES string of the molecule is CCCCCCCCCCCCCCC[n+]1ccn(C)c1CCC. The molecule has 2 heteroatoms. The van der Waals surface area contributed by atoms with Gasteiger partial charge in [0.2, 0.25) is 0 Å². The number of aryl methyl sites for hydroxylation is 2. The first-order valence-electron chi connectivity index (χ1n) is 10.8. The summed E-state index contributed by atoms with van der Waals surface area (Å²) in [6.45, 7) is 5.76. The summed E-state index contributed by atoms with van der Waals surface area (Å²) in [4.78, 5) is 0. The summed E-state index contributed by atoms with van der Waals surface area (Å²) in [5.74, 6) is 1.48. The van der Waals surface area contributed by atoms with Crippen LogP contribution in [0.25, 0.3) is 0 Å². The summed E-state index contributed by atoms with van der Waals surface area (Å²) >= 11 is 0. The largest absolute Gasteiger partial charge is 0.256 e. The minimum absolute atomic E-state index is 1.20. The number of nitrogens with zero attached hydrogens (tertiary/aromatic N) is 2. The molecule has 1 rings (SSSR count). The third kappa shape index (κ3) is 9.49. The molecule has 0 aliphatic heterocycles. The van der Waals surface area contributed by atoms with E-state index in [-0.39, 0.29) is 0 Å². The Balaban J connectivity index is 1.90. The van der Waals surface area contributed by atoms with Crippen LogP contribution in [0.1, 0.15) is 110 Å². The zero-order valence-corrected chi connectivity index (χ0v) is 16.9. The van der Waals surface area contributed by atoms with Gasteiger partial charge in [-0.3, -0.25) is 0 Å². The van der Waals surface area contributed by atoms with E-state index in [1.807, 2.05) is 0 Å². The van der Waals surface area contributed by atoms with Crippen LogP contribution in [0, 0.1) is 0 Å². The molecule has 24 heavy (non-hydrogen) atoms. The molecule has 0 unspecified atom stereocenters. The topological polar surface area (TPSA) is 8.81 Å². The Kier molecular flexibility index (Phi) is 12.9. The van der Waals surface area contributed by atoms with Gasteiger partial charge in [0.1, 0.15) is 12.4 Å². The summed E-state index contributed by atoms with van der Waals surface area (Å²) in [6.07, 6.45) is 25.5. The van der Waals surface area contributed by atoms with Crippen LogP contribution in [0.3, 0.4) is 0 Å². The van der Waals surface area contributed by atoms with Crippen LogP contribution in [0.4, 0.5) is 0 Å². The third-order valence-electron chi connectivity index (χ3n) is 5.19. The van der Waals surface area contributed by atoms with Crippen molar-refractivity contribution in [1.29, 1.82) is 0 Å². The lowest BCUT2D eigenvalue weighted by Crippen LogP contribution is -2.37. The van der Waals surface area contributed by atoms with Crippen molar-refractivity contribution in [3.05, 3.63) is 18.2 Å². The van der Waals surface area contributed by atoms with Crippen LogP contribution in [0.15, 0.2) is 12.4 Å². The molecule has 0 saturated heterocycles. The Morgan fingerprint density at radius 3 is 1.71 bits per heavy atom. The maximum Gasteiger partial charge on any atom is 0.256 e. The zero-order valence-electron chi connectivity index (χ0n) is 16.9. The Morgan fingerprint density at radius 1 is 0.708 bits per heavy atom. The molecule has 0 amide bonds. The van der Waals surface area contributed by atoms with Crippen molar-refractivity contribution in [1.82, 2.24) is 4.57 Å². The van der Waals surface area contributed by atoms with E-state index in [4.69, 9.17) is 0 Å². The fraction of sp³-hybridized carbons (Fsp3) is 0.864. The first-order chi connectivity index (χ1) is 11.8. The maximum atomic E-state index is 2.46. The van der Waals surface area contributed by atoms with Crippen LogP contribution in [-0.2, 0) is 20.0 Å². The molecule has 0 spiro atoms. The fourth-order valence-electron chi connectivity index (χ4n) is 3.60. The second-order valence-electron chi connectivity index (χ2n) is 7.51. The molecular weight excluding hydrogens is 292 g/mol. The predicted molar refractivity (Wildman–Crippen MR) is 105 cm³/mol. The Hall–Kier alpha value is -0.790. The Labute approximate surface area is 151 Å². The van der Waals surface area contributed by atoms with Gasteiger partial charge >= 0.3 is 0 Å². The van der Waals surface area contributed by atoms with Crippen molar-refractivity contribution < 1.29 is 4.57 Å². The molecule has 0 fully saturated rings. The Bertz CT molecular complexity index is 395. The molecule has 1 aromatic heterocycles. The standard InChI is InChI=1S/C22H43N2/c1-4-6-7-8-9-10-11-12-13-14-15-16-17-19-24-21-20-23(3)22(24)18-5-2/h20-21H,4-19H2,1-3H3/q+1. The predicted octanol–water partition coefficient (Wildman–Crippen LogP) is 6.36. The van der Waals surface area contributed by atoms with Crippen LogP contribution in [0.5, 0.6) is 0 Å². The number of imidazole rings is 1. The highest BCUT2D eigenvalue weighted by Crippen LogP contribution is 2.12. The number of aromatic nitrogens is 2. The highest BCUT2D eigenvalue weighted by Gasteiger charge is 2.12. The molecule has 1 aromatic rings. The second kappa shape index (κ2) is 14.5. The van der Waals surface area contributed by atoms with E-state index in [9.17, 15) is 0 Å². The average Bonchev–Trinajstić information content (AvgIpc) is 2.93. The lowest BCUT2D eigenvalue weighted by molar-refractivity contribution is -0.704. The van der Waals surface area contributed by atoms with E-state index < -0.39 is 0 Å². The quantitative estimate of drug-likeness (QED) is 0.246. The van der Waals surface area contributed by atoms with Gasteiger partial charge in [-0.25, -0.2) is 9.13 Å². The second-order valence-corrected chi connectivity index (χ2v) is 7.51. The summed E-state index contributed by atoms with van der Waals surface area (Å²) in [5, 5.41) is 0. The number of rotatable bonds is 16. The van der Waals surface area contributed by atoms with Gasteiger partial charge in [-0.1, -0.05) is 84.5 Å². The normalized spacial score (nSPS) is 11.3. The molecule has 2 nitrogen and oxygen atoms in total. The highest BCUT2D eigenvalue weighted by atomic mass is 15.1. The minimum atomic E-state index is 1.20. The van der Waals surface area contributed by atoms with Gasteiger partial charge < -0.3 is 0 Å². The monoisotopic (exact) mass is 335 g/mol. The molecule has 0 atom stereocenters. The molecule has 0 aliphatic rings. The van der Waals surface area contributed by atoms with Gasteiger partial charge in [0.25, 0.3) is 5.82 Å².